The molecule has 0 bridgehead atoms. The van der Waals surface area contributed by atoms with Crippen molar-refractivity contribution < 1.29 is 4.58 Å². The van der Waals surface area contributed by atoms with E-state index in [0.29, 0.717) is 5.41 Å². The molecule has 1 atom stereocenters. The molecule has 0 saturated heterocycles. The lowest BCUT2D eigenvalue weighted by molar-refractivity contribution is -0.503. The van der Waals surface area contributed by atoms with Gasteiger partial charge in [0.05, 0.1) is 0 Å². The Morgan fingerprint density at radius 3 is 2.05 bits per heavy atom. The van der Waals surface area contributed by atoms with E-state index in [1.54, 1.807) is 0 Å². The van der Waals surface area contributed by atoms with Crippen molar-refractivity contribution in [3.05, 3.63) is 12.2 Å². The van der Waals surface area contributed by atoms with Crippen molar-refractivity contribution in [1.29, 1.82) is 0 Å². The molecule has 0 N–H and O–H groups in total. The first-order valence-corrected chi connectivity index (χ1v) is 7.90. The van der Waals surface area contributed by atoms with Crippen molar-refractivity contribution in [2.75, 3.05) is 27.2 Å². The van der Waals surface area contributed by atoms with E-state index in [4.69, 9.17) is 0 Å². The molecule has 20 heavy (non-hydrogen) atoms. The third-order valence-corrected chi connectivity index (χ3v) is 4.23. The van der Waals surface area contributed by atoms with Crippen molar-refractivity contribution in [2.45, 2.75) is 60.4 Å². The smallest absolute Gasteiger partial charge is 0.162 e. The highest BCUT2D eigenvalue weighted by Gasteiger charge is 2.25. The minimum absolute atomic E-state index is 0.232. The summed E-state index contributed by atoms with van der Waals surface area (Å²) in [5.41, 5.74) is 0.614. The predicted octanol–water partition coefficient (Wildman–Crippen LogP) is 4.06. The highest BCUT2D eigenvalue weighted by molar-refractivity contribution is 5.66. The van der Waals surface area contributed by atoms with Gasteiger partial charge in [-0.3, -0.25) is 4.90 Å². The fourth-order valence-corrected chi connectivity index (χ4v) is 2.12. The molecular weight excluding hydrogens is 244 g/mol. The van der Waals surface area contributed by atoms with Gasteiger partial charge in [0.25, 0.3) is 0 Å². The molecule has 0 aliphatic rings. The van der Waals surface area contributed by atoms with Gasteiger partial charge in [-0.2, -0.15) is 0 Å². The lowest BCUT2D eigenvalue weighted by atomic mass is 9.79. The van der Waals surface area contributed by atoms with E-state index in [1.165, 1.54) is 6.42 Å². The van der Waals surface area contributed by atoms with Gasteiger partial charge in [-0.25, -0.2) is 4.58 Å². The second-order valence-corrected chi connectivity index (χ2v) is 8.04. The first kappa shape index (κ1) is 19.4. The van der Waals surface area contributed by atoms with Crippen LogP contribution in [0, 0.1) is 11.3 Å². The standard InChI is InChI=1S/C18H37N2/c1-10-16(17(2,3)4)15-19(8)13-11-12-14-20(9)18(5,6)7/h11-13,16H,10,14-15H2,1-9H3/q+1/b12-11?,19-13-. The van der Waals surface area contributed by atoms with Crippen LogP contribution in [0.2, 0.25) is 0 Å². The Morgan fingerprint density at radius 2 is 1.65 bits per heavy atom. The van der Waals surface area contributed by atoms with Crippen molar-refractivity contribution >= 4 is 6.21 Å². The van der Waals surface area contributed by atoms with Crippen LogP contribution in [0.3, 0.4) is 0 Å². The fraction of sp³-hybridized carbons (Fsp3) is 0.833. The maximum Gasteiger partial charge on any atom is 0.162 e. The molecule has 0 rings (SSSR count). The van der Waals surface area contributed by atoms with Crippen LogP contribution in [0.25, 0.3) is 0 Å². The summed E-state index contributed by atoms with van der Waals surface area (Å²) in [6.45, 7) is 18.1. The van der Waals surface area contributed by atoms with E-state index in [1.807, 2.05) is 0 Å². The Labute approximate surface area is 127 Å². The second kappa shape index (κ2) is 7.97. The summed E-state index contributed by atoms with van der Waals surface area (Å²) in [6, 6.07) is 0. The van der Waals surface area contributed by atoms with E-state index in [9.17, 15) is 0 Å². The average molecular weight is 282 g/mol. The highest BCUT2D eigenvalue weighted by Crippen LogP contribution is 2.28. The second-order valence-electron chi connectivity index (χ2n) is 8.04. The lowest BCUT2D eigenvalue weighted by Crippen LogP contribution is -2.38. The molecule has 0 amide bonds. The predicted molar refractivity (Wildman–Crippen MR) is 91.9 cm³/mol. The molecule has 118 valence electrons. The van der Waals surface area contributed by atoms with Gasteiger partial charge in [0.2, 0.25) is 0 Å². The zero-order valence-corrected chi connectivity index (χ0v) is 15.3. The van der Waals surface area contributed by atoms with Crippen molar-refractivity contribution in [2.24, 2.45) is 11.3 Å². The summed E-state index contributed by atoms with van der Waals surface area (Å²) >= 11 is 0. The topological polar surface area (TPSA) is 6.25 Å². The SMILES string of the molecule is CCC(C/[N+](C)=C\C=CCN(C)C(C)(C)C)C(C)(C)C. The van der Waals surface area contributed by atoms with Crippen LogP contribution in [-0.2, 0) is 0 Å². The molecule has 0 saturated carbocycles. The van der Waals surface area contributed by atoms with Crippen LogP contribution in [0.4, 0.5) is 0 Å². The molecule has 0 heterocycles. The van der Waals surface area contributed by atoms with Gasteiger partial charge in [-0.15, -0.1) is 0 Å². The summed E-state index contributed by atoms with van der Waals surface area (Å²) in [5.74, 6) is 0.731. The van der Waals surface area contributed by atoms with E-state index in [2.05, 4.69) is 90.4 Å². The van der Waals surface area contributed by atoms with Crippen molar-refractivity contribution in [3.8, 4) is 0 Å². The molecule has 1 unspecified atom stereocenters. The lowest BCUT2D eigenvalue weighted by Gasteiger charge is -2.30. The minimum atomic E-state index is 0.232. The minimum Gasteiger partial charge on any atom is -0.298 e. The van der Waals surface area contributed by atoms with Crippen LogP contribution in [-0.4, -0.2) is 48.4 Å². The largest absolute Gasteiger partial charge is 0.298 e. The third-order valence-electron chi connectivity index (χ3n) is 4.23. The normalized spacial score (nSPS) is 16.2. The summed E-state index contributed by atoms with van der Waals surface area (Å²) in [6.07, 6.45) is 7.85. The number of rotatable bonds is 6. The van der Waals surface area contributed by atoms with Gasteiger partial charge in [0, 0.05) is 18.0 Å². The fourth-order valence-electron chi connectivity index (χ4n) is 2.12. The molecule has 0 aromatic rings. The van der Waals surface area contributed by atoms with Crippen LogP contribution >= 0.6 is 0 Å². The molecule has 0 radical (unpaired) electrons. The van der Waals surface area contributed by atoms with Gasteiger partial charge in [0.1, 0.15) is 13.6 Å². The summed E-state index contributed by atoms with van der Waals surface area (Å²) in [7, 11) is 4.34. The molecule has 2 nitrogen and oxygen atoms in total. The molecule has 0 fully saturated rings. The maximum absolute atomic E-state index is 2.35. The number of allylic oxidation sites excluding steroid dienone is 1. The maximum atomic E-state index is 2.35. The van der Waals surface area contributed by atoms with Gasteiger partial charge in [0.15, 0.2) is 6.21 Å². The number of nitrogens with zero attached hydrogens (tertiary/aromatic N) is 2. The van der Waals surface area contributed by atoms with Crippen LogP contribution in [0.15, 0.2) is 12.2 Å². The number of hydrogen-bond acceptors (Lipinski definition) is 1. The zero-order chi connectivity index (χ0) is 16.0. The molecule has 2 heteroatoms. The average Bonchev–Trinajstić information content (AvgIpc) is 2.28. The Bertz CT molecular complexity index is 326. The Balaban J connectivity index is 4.40. The molecule has 0 aromatic carbocycles. The molecule has 0 aromatic heterocycles. The number of likely N-dealkylation sites (N-methyl/N-ethyl adjacent to an activating group) is 1. The Hall–Kier alpha value is -0.630. The molecule has 0 spiro atoms. The van der Waals surface area contributed by atoms with Gasteiger partial charge < -0.3 is 0 Å². The summed E-state index contributed by atoms with van der Waals surface area (Å²) < 4.78 is 2.31. The summed E-state index contributed by atoms with van der Waals surface area (Å²) in [5, 5.41) is 0. The van der Waals surface area contributed by atoms with E-state index in [-0.39, 0.29) is 5.54 Å². The molecule has 0 aliphatic carbocycles. The van der Waals surface area contributed by atoms with E-state index >= 15 is 0 Å². The van der Waals surface area contributed by atoms with Gasteiger partial charge in [-0.1, -0.05) is 33.8 Å². The van der Waals surface area contributed by atoms with Gasteiger partial charge in [-0.05, 0) is 45.7 Å². The quantitative estimate of drug-likeness (QED) is 0.526. The summed E-state index contributed by atoms with van der Waals surface area (Å²) in [4.78, 5) is 2.35. The van der Waals surface area contributed by atoms with Crippen molar-refractivity contribution in [3.63, 3.8) is 0 Å². The first-order valence-electron chi connectivity index (χ1n) is 7.90. The zero-order valence-electron chi connectivity index (χ0n) is 15.3. The Kier molecular flexibility index (Phi) is 7.72. The number of hydrogen-bond donors (Lipinski definition) is 0. The van der Waals surface area contributed by atoms with Crippen LogP contribution in [0.1, 0.15) is 54.9 Å². The van der Waals surface area contributed by atoms with Crippen LogP contribution in [0.5, 0.6) is 0 Å². The van der Waals surface area contributed by atoms with Crippen LogP contribution < -0.4 is 0 Å². The highest BCUT2D eigenvalue weighted by atomic mass is 15.1. The molecular formula is C18H37N2+. The monoisotopic (exact) mass is 281 g/mol. The molecule has 0 aliphatic heterocycles. The van der Waals surface area contributed by atoms with Gasteiger partial charge >= 0.3 is 0 Å². The third kappa shape index (κ3) is 7.84. The first-order chi connectivity index (χ1) is 8.98. The van der Waals surface area contributed by atoms with Crippen molar-refractivity contribution in [1.82, 2.24) is 4.90 Å². The van der Waals surface area contributed by atoms with E-state index < -0.39 is 0 Å². The Morgan fingerprint density at radius 1 is 1.10 bits per heavy atom. The van der Waals surface area contributed by atoms with E-state index in [0.717, 1.165) is 19.0 Å².